The molecule has 2 aromatic carbocycles. The molecule has 2 fully saturated rings. The van der Waals surface area contributed by atoms with Gasteiger partial charge in [0.2, 0.25) is 0 Å². The number of rotatable bonds is 8. The molecule has 0 saturated carbocycles. The van der Waals surface area contributed by atoms with Gasteiger partial charge in [-0.15, -0.1) is 0 Å². The summed E-state index contributed by atoms with van der Waals surface area (Å²) in [5.41, 5.74) is 3.31. The summed E-state index contributed by atoms with van der Waals surface area (Å²) in [6.07, 6.45) is 4.20. The van der Waals surface area contributed by atoms with E-state index in [0.29, 0.717) is 40.9 Å². The van der Waals surface area contributed by atoms with Crippen molar-refractivity contribution in [2.45, 2.75) is 64.0 Å². The minimum Gasteiger partial charge on any atom is -1.00 e. The first-order valence-electron chi connectivity index (χ1n) is 14.7. The molecule has 13 heteroatoms. The number of aromatic carboxylic acids is 1. The molecule has 2 saturated heterocycles. The fourth-order valence-electron chi connectivity index (χ4n) is 6.42. The molecule has 0 bridgehead atoms. The van der Waals surface area contributed by atoms with Gasteiger partial charge in [-0.2, -0.15) is 0 Å². The maximum atomic E-state index is 14.8. The molecule has 232 valence electrons. The number of hydrogen-bond donors (Lipinski definition) is 1. The van der Waals surface area contributed by atoms with Crippen LogP contribution in [0.2, 0.25) is 5.02 Å². The second kappa shape index (κ2) is 12.5. The van der Waals surface area contributed by atoms with Crippen LogP contribution in [0, 0.1) is 12.7 Å². The summed E-state index contributed by atoms with van der Waals surface area (Å²) in [5.74, 6) is -0.953. The third kappa shape index (κ3) is 6.00. The van der Waals surface area contributed by atoms with Crippen LogP contribution in [0.4, 0.5) is 4.39 Å². The van der Waals surface area contributed by atoms with Crippen LogP contribution in [-0.4, -0.2) is 56.3 Å². The zero-order valence-electron chi connectivity index (χ0n) is 26.4. The normalized spacial score (nSPS) is 21.4. The van der Waals surface area contributed by atoms with E-state index in [9.17, 15) is 14.3 Å². The average Bonchev–Trinajstić information content (AvgIpc) is 3.66. The number of aromatic nitrogens is 3. The Hall–Kier alpha value is -3.33. The van der Waals surface area contributed by atoms with Crippen LogP contribution in [0.1, 0.15) is 66.9 Å². The van der Waals surface area contributed by atoms with E-state index < -0.39 is 17.6 Å². The predicted octanol–water partition coefficient (Wildman–Crippen LogP) is 3.27. The molecule has 0 radical (unpaired) electrons. The van der Waals surface area contributed by atoms with E-state index >= 15 is 0 Å². The van der Waals surface area contributed by atoms with Gasteiger partial charge in [0.25, 0.3) is 5.79 Å². The first-order valence-corrected chi connectivity index (χ1v) is 15.1. The smallest absolute Gasteiger partial charge is 1.00 e. The van der Waals surface area contributed by atoms with Crippen molar-refractivity contribution in [2.75, 3.05) is 19.7 Å². The molecule has 3 aliphatic heterocycles. The third-order valence-corrected chi connectivity index (χ3v) is 8.99. The molecule has 45 heavy (non-hydrogen) atoms. The number of carboxylic acid groups (broad SMARTS) is 1. The van der Waals surface area contributed by atoms with Crippen molar-refractivity contribution >= 4 is 17.6 Å². The third-order valence-electron chi connectivity index (χ3n) is 8.75. The van der Waals surface area contributed by atoms with Gasteiger partial charge in [-0.05, 0) is 69.5 Å². The van der Waals surface area contributed by atoms with Gasteiger partial charge in [0.05, 0.1) is 36.1 Å². The van der Waals surface area contributed by atoms with Crippen LogP contribution in [0.15, 0.2) is 47.1 Å². The number of aryl methyl sites for hydroxylation is 1. The Morgan fingerprint density at radius 2 is 1.96 bits per heavy atom. The average molecular weight is 631 g/mol. The quantitative estimate of drug-likeness (QED) is 0.293. The molecule has 4 aromatic rings. The van der Waals surface area contributed by atoms with Gasteiger partial charge < -0.3 is 29.7 Å². The summed E-state index contributed by atoms with van der Waals surface area (Å²) < 4.78 is 40.4. The number of para-hydroxylation sites is 1. The number of nitrogens with zero attached hydrogens (tertiary/aromatic N) is 4. The van der Waals surface area contributed by atoms with Gasteiger partial charge >= 0.3 is 30.7 Å². The van der Waals surface area contributed by atoms with E-state index in [1.165, 1.54) is 12.3 Å². The van der Waals surface area contributed by atoms with Gasteiger partial charge in [0.15, 0.2) is 11.5 Å². The molecule has 3 aliphatic rings. The number of halogens is 2. The SMILES string of the molecule is Cc1nc(CN2CCC(c3cccc4c3O[C@@](C)(c3ccc(Cl)cc3F)O4)CC2)n(C[C@@H]2CCO2)c1-c1coc(C(=O)O)n1.[H-].[Li+]. The number of likely N-dealkylation sites (tertiary alicyclic amines) is 1. The van der Waals surface area contributed by atoms with E-state index in [1.807, 2.05) is 19.1 Å². The zero-order valence-corrected chi connectivity index (χ0v) is 26.1. The van der Waals surface area contributed by atoms with Crippen molar-refractivity contribution in [1.82, 2.24) is 19.4 Å². The Labute approximate surface area is 278 Å². The summed E-state index contributed by atoms with van der Waals surface area (Å²) in [4.78, 5) is 22.8. The Balaban J connectivity index is 0.00000208. The summed E-state index contributed by atoms with van der Waals surface area (Å²) in [6, 6.07) is 10.4. The number of imidazole rings is 1. The molecule has 1 N–H and O–H groups in total. The minimum absolute atomic E-state index is 0. The van der Waals surface area contributed by atoms with Crippen molar-refractivity contribution in [3.63, 3.8) is 0 Å². The number of hydrogen-bond acceptors (Lipinski definition) is 8. The first-order chi connectivity index (χ1) is 21.2. The van der Waals surface area contributed by atoms with Crippen LogP contribution < -0.4 is 28.3 Å². The van der Waals surface area contributed by atoms with E-state index in [1.54, 1.807) is 19.1 Å². The Bertz CT molecular complexity index is 1740. The van der Waals surface area contributed by atoms with Crippen LogP contribution in [0.5, 0.6) is 11.5 Å². The molecule has 0 spiro atoms. The maximum absolute atomic E-state index is 14.8. The van der Waals surface area contributed by atoms with Crippen LogP contribution in [0.3, 0.4) is 0 Å². The number of ether oxygens (including phenoxy) is 3. The Morgan fingerprint density at radius 1 is 1.18 bits per heavy atom. The topological polar surface area (TPSA) is 112 Å². The van der Waals surface area contributed by atoms with E-state index in [-0.39, 0.29) is 38.2 Å². The fraction of sp³-hybridized carbons (Fsp3) is 0.406. The van der Waals surface area contributed by atoms with Crippen LogP contribution in [-0.2, 0) is 23.6 Å². The number of piperidine rings is 1. The van der Waals surface area contributed by atoms with Gasteiger partial charge in [0, 0.05) is 24.1 Å². The summed E-state index contributed by atoms with van der Waals surface area (Å²) in [7, 11) is 0. The predicted molar refractivity (Wildman–Crippen MR) is 159 cm³/mol. The summed E-state index contributed by atoms with van der Waals surface area (Å²) in [5, 5.41) is 9.62. The van der Waals surface area contributed by atoms with Gasteiger partial charge in [0.1, 0.15) is 23.6 Å². The maximum Gasteiger partial charge on any atom is 1.00 e. The van der Waals surface area contributed by atoms with Crippen LogP contribution in [0.25, 0.3) is 11.4 Å². The molecule has 2 atom stereocenters. The molecule has 0 unspecified atom stereocenters. The molecule has 0 amide bonds. The summed E-state index contributed by atoms with van der Waals surface area (Å²) in [6.45, 7) is 7.27. The van der Waals surface area contributed by atoms with E-state index in [4.69, 9.17) is 35.2 Å². The van der Waals surface area contributed by atoms with Crippen molar-refractivity contribution < 1.29 is 53.2 Å². The standard InChI is InChI=1S/C32H32ClFN4O6.Li.H/c1-18-28(25-17-42-30(36-25)31(39)40)38(15-21-10-13-41-21)27(35-18)16-37-11-8-19(9-12-37)22-4-3-5-26-29(22)44-32(2,43-26)23-7-6-20(33)14-24(23)34;;/h3-7,14,17,19,21H,8-13,15-16H2,1-2H3,(H,39,40);;/q;+1;-1/t21-,32-;;/m0../s1. The van der Waals surface area contributed by atoms with Crippen molar-refractivity contribution in [2.24, 2.45) is 0 Å². The Kier molecular flexibility index (Phi) is 8.76. The number of fused-ring (bicyclic) bond motifs is 1. The van der Waals surface area contributed by atoms with E-state index in [0.717, 1.165) is 61.7 Å². The van der Waals surface area contributed by atoms with Crippen LogP contribution >= 0.6 is 11.6 Å². The Morgan fingerprint density at radius 3 is 2.62 bits per heavy atom. The summed E-state index contributed by atoms with van der Waals surface area (Å²) >= 11 is 5.97. The van der Waals surface area contributed by atoms with Gasteiger partial charge in [-0.25, -0.2) is 19.2 Å². The second-order valence-corrected chi connectivity index (χ2v) is 12.1. The number of benzene rings is 2. The fourth-order valence-corrected chi connectivity index (χ4v) is 6.58. The monoisotopic (exact) mass is 630 g/mol. The molecule has 5 heterocycles. The molecule has 0 aliphatic carbocycles. The largest absolute Gasteiger partial charge is 1.00 e. The second-order valence-electron chi connectivity index (χ2n) is 11.7. The first kappa shape index (κ1) is 31.6. The number of carbonyl (C=O) groups is 1. The van der Waals surface area contributed by atoms with Crippen molar-refractivity contribution in [1.29, 1.82) is 0 Å². The molecule has 7 rings (SSSR count). The van der Waals surface area contributed by atoms with E-state index in [2.05, 4.69) is 20.5 Å². The molecule has 2 aromatic heterocycles. The van der Waals surface area contributed by atoms with Crippen molar-refractivity contribution in [3.05, 3.63) is 82.0 Å². The number of oxazole rings is 1. The zero-order chi connectivity index (χ0) is 30.6. The van der Waals surface area contributed by atoms with Gasteiger partial charge in [-0.1, -0.05) is 23.7 Å². The molecular weight excluding hydrogens is 598 g/mol. The molecule has 10 nitrogen and oxygen atoms in total. The van der Waals surface area contributed by atoms with Crippen molar-refractivity contribution in [3.8, 4) is 22.9 Å². The van der Waals surface area contributed by atoms with Gasteiger partial charge in [-0.3, -0.25) is 4.90 Å². The molecular formula is C32H33ClFLiN4O6. The minimum atomic E-state index is -1.29. The number of carboxylic acids is 1.